The van der Waals surface area contributed by atoms with Crippen LogP contribution in [0.4, 0.5) is 25.2 Å². The van der Waals surface area contributed by atoms with Crippen LogP contribution in [0.25, 0.3) is 0 Å². The Labute approximate surface area is 116 Å². The Morgan fingerprint density at radius 1 is 1.19 bits per heavy atom. The fourth-order valence-corrected chi connectivity index (χ4v) is 1.45. The number of nitrogens with zero attached hydrogens (tertiary/aromatic N) is 6. The molecule has 14 heteroatoms. The quantitative estimate of drug-likeness (QED) is 0.302. The van der Waals surface area contributed by atoms with E-state index in [2.05, 4.69) is 26.2 Å². The van der Waals surface area contributed by atoms with Crippen LogP contribution in [0.15, 0.2) is 10.3 Å². The molecule has 0 aromatic carbocycles. The molecule has 0 amide bonds. The van der Waals surface area contributed by atoms with Gasteiger partial charge in [-0.2, -0.15) is 5.11 Å². The van der Waals surface area contributed by atoms with Gasteiger partial charge in [-0.05, 0) is 13.8 Å². The predicted molar refractivity (Wildman–Crippen MR) is 62.7 cm³/mol. The Morgan fingerprint density at radius 2 is 1.62 bits per heavy atom. The van der Waals surface area contributed by atoms with Crippen molar-refractivity contribution in [2.45, 2.75) is 19.4 Å². The third kappa shape index (κ3) is 9.93. The molecule has 0 aliphatic heterocycles. The molecule has 126 valence electrons. The van der Waals surface area contributed by atoms with E-state index in [1.54, 1.807) is 16.4 Å². The van der Waals surface area contributed by atoms with E-state index in [1.165, 1.54) is 0 Å². The van der Waals surface area contributed by atoms with Crippen LogP contribution in [-0.4, -0.2) is 22.2 Å². The molecule has 1 rings (SSSR count). The average molecular weight is 343 g/mol. The second-order valence-corrected chi connectivity index (χ2v) is 6.46. The number of hydrogen-bond donors (Lipinski definition) is 1. The van der Waals surface area contributed by atoms with E-state index in [0.29, 0.717) is 0 Å². The second kappa shape index (κ2) is 5.04. The molecule has 0 saturated heterocycles. The van der Waals surface area contributed by atoms with Crippen LogP contribution in [0.1, 0.15) is 19.7 Å². The van der Waals surface area contributed by atoms with Gasteiger partial charge in [-0.1, -0.05) is 9.91 Å². The number of rotatable bonds is 3. The Balaban J connectivity index is 0.000000486. The third-order valence-electron chi connectivity index (χ3n) is 1.91. The minimum absolute atomic E-state index is 0.355. The molecule has 0 atom stereocenters. The Bertz CT molecular complexity index is 488. The number of aromatic nitrogens is 4. The molecule has 0 aliphatic carbocycles. The van der Waals surface area contributed by atoms with Gasteiger partial charge in [0.15, 0.2) is 5.21 Å². The van der Waals surface area contributed by atoms with Gasteiger partial charge in [0.25, 0.3) is 5.82 Å². The van der Waals surface area contributed by atoms with E-state index in [0.717, 1.165) is 5.82 Å². The van der Waals surface area contributed by atoms with Crippen molar-refractivity contribution >= 4 is 7.81 Å². The Hall–Kier alpha value is -1.52. The first-order chi connectivity index (χ1) is 8.94. The number of halogens is 6. The zero-order valence-corrected chi connectivity index (χ0v) is 12.8. The summed E-state index contributed by atoms with van der Waals surface area (Å²) in [5, 5.41) is 15.2. The molecule has 0 bridgehead atoms. The van der Waals surface area contributed by atoms with Crippen molar-refractivity contribution in [3.8, 4) is 0 Å². The van der Waals surface area contributed by atoms with Gasteiger partial charge in [0, 0.05) is 0 Å². The summed E-state index contributed by atoms with van der Waals surface area (Å²) in [6.45, 7) is 3.97. The molecular formula is C7H16F6N7P. The molecule has 1 aromatic heterocycles. The predicted octanol–water partition coefficient (Wildman–Crippen LogP) is 2.84. The van der Waals surface area contributed by atoms with Gasteiger partial charge in [0.05, 0.1) is 21.1 Å². The Kier molecular flexibility index (Phi) is 4.67. The van der Waals surface area contributed by atoms with Crippen molar-refractivity contribution in [1.29, 1.82) is 0 Å². The summed E-state index contributed by atoms with van der Waals surface area (Å²) in [6.07, 6.45) is 0. The normalized spacial score (nSPS) is 16.0. The third-order valence-corrected chi connectivity index (χ3v) is 1.91. The molecule has 1 N–H and O–H groups in total. The summed E-state index contributed by atoms with van der Waals surface area (Å²) in [7, 11) is -5.36. The first-order valence-corrected chi connectivity index (χ1v) is 7.36. The van der Waals surface area contributed by atoms with Crippen LogP contribution in [0.5, 0.6) is 0 Å². The summed E-state index contributed by atoms with van der Waals surface area (Å²) in [5.41, 5.74) is 2.57. The number of tetrazole rings is 1. The van der Waals surface area contributed by atoms with Gasteiger partial charge in [0.2, 0.25) is 0 Å². The monoisotopic (exact) mass is 343 g/mol. The van der Waals surface area contributed by atoms with Gasteiger partial charge >= 0.3 is 33.0 Å². The van der Waals surface area contributed by atoms with Gasteiger partial charge < -0.3 is 0 Å². The topological polar surface area (TPSA) is 71.3 Å². The van der Waals surface area contributed by atoms with Crippen molar-refractivity contribution in [2.75, 3.05) is 7.05 Å². The first-order valence-electron chi connectivity index (χ1n) is 5.33. The number of nitrogens with one attached hydrogen (secondary N) is 1. The van der Waals surface area contributed by atoms with Crippen molar-refractivity contribution in [1.82, 2.24) is 20.5 Å². The Morgan fingerprint density at radius 3 is 1.90 bits per heavy atom. The molecule has 0 fully saturated rings. The van der Waals surface area contributed by atoms with Gasteiger partial charge in [-0.15, -0.1) is 4.68 Å². The maximum absolute atomic E-state index is 10.7. The molecule has 0 radical (unpaired) electrons. The standard InChI is InChI=1S/C7H16N7.F6P/c1-7(2,9-10-8-3)6-13(4)11-12-14(6)5;1-7(2,3,4,5)6/h1-5H3,(H,8,9);/q+1;-1. The van der Waals surface area contributed by atoms with E-state index in [4.69, 9.17) is 0 Å². The van der Waals surface area contributed by atoms with Gasteiger partial charge in [0.1, 0.15) is 10.8 Å². The summed E-state index contributed by atoms with van der Waals surface area (Å²) >= 11 is 0. The average Bonchev–Trinajstić information content (AvgIpc) is 2.51. The van der Waals surface area contributed by atoms with E-state index in [-0.39, 0.29) is 5.54 Å². The van der Waals surface area contributed by atoms with Crippen LogP contribution >= 0.6 is 7.81 Å². The molecule has 7 nitrogen and oxygen atoms in total. The van der Waals surface area contributed by atoms with Crippen LogP contribution in [0.2, 0.25) is 0 Å². The zero-order valence-electron chi connectivity index (χ0n) is 11.9. The zero-order chi connectivity index (χ0) is 17.2. The molecule has 21 heavy (non-hydrogen) atoms. The fourth-order valence-electron chi connectivity index (χ4n) is 1.45. The molecule has 1 heterocycles. The minimum atomic E-state index is -10.7. The second-order valence-electron chi connectivity index (χ2n) is 4.54. The molecule has 1 aromatic rings. The van der Waals surface area contributed by atoms with Gasteiger partial charge in [-0.25, -0.2) is 0 Å². The number of aryl methyl sites for hydroxylation is 2. The summed E-state index contributed by atoms with van der Waals surface area (Å²) in [6, 6.07) is 0. The molecule has 0 aliphatic rings. The summed E-state index contributed by atoms with van der Waals surface area (Å²) in [4.78, 5) is 0. The van der Waals surface area contributed by atoms with Crippen LogP contribution in [-0.2, 0) is 19.6 Å². The van der Waals surface area contributed by atoms with E-state index >= 15 is 0 Å². The van der Waals surface area contributed by atoms with Crippen LogP contribution < -0.4 is 10.1 Å². The van der Waals surface area contributed by atoms with Crippen LogP contribution in [0, 0.1) is 0 Å². The summed E-state index contributed by atoms with van der Waals surface area (Å²) in [5.74, 6) is 0.921. The van der Waals surface area contributed by atoms with Gasteiger partial charge in [-0.3, -0.25) is 5.43 Å². The maximum atomic E-state index is 9.87. The van der Waals surface area contributed by atoms with E-state index < -0.39 is 7.81 Å². The number of hydrogen-bond acceptors (Lipinski definition) is 4. The summed E-state index contributed by atoms with van der Waals surface area (Å²) < 4.78 is 62.6. The molecule has 0 spiro atoms. The SMILES string of the molecule is CN=NNC(C)(C)c1n(C)nn[n+]1C.F[P-](F)(F)(F)(F)F. The molecule has 0 saturated carbocycles. The van der Waals surface area contributed by atoms with Crippen molar-refractivity contribution in [3.63, 3.8) is 0 Å². The van der Waals surface area contributed by atoms with Crippen molar-refractivity contribution < 1.29 is 29.9 Å². The molecule has 0 unspecified atom stereocenters. The molecular weight excluding hydrogens is 327 g/mol. The van der Waals surface area contributed by atoms with Crippen molar-refractivity contribution in [2.24, 2.45) is 24.4 Å². The van der Waals surface area contributed by atoms with Crippen molar-refractivity contribution in [3.05, 3.63) is 5.82 Å². The fraction of sp³-hybridized carbons (Fsp3) is 0.857. The van der Waals surface area contributed by atoms with E-state index in [9.17, 15) is 25.2 Å². The van der Waals surface area contributed by atoms with E-state index in [1.807, 2.05) is 27.9 Å². The first kappa shape index (κ1) is 19.5. The van der Waals surface area contributed by atoms with Crippen LogP contribution in [0.3, 0.4) is 0 Å².